The first kappa shape index (κ1) is 20.1. The zero-order chi connectivity index (χ0) is 17.9. The van der Waals surface area contributed by atoms with Gasteiger partial charge in [0.2, 0.25) is 5.91 Å². The number of amides is 1. The second kappa shape index (κ2) is 11.4. The highest BCUT2D eigenvalue weighted by Crippen LogP contribution is 2.26. The molecule has 140 valence electrons. The lowest BCUT2D eigenvalue weighted by Gasteiger charge is -2.23. The van der Waals surface area contributed by atoms with Crippen LogP contribution in [-0.2, 0) is 11.3 Å². The monoisotopic (exact) mass is 364 g/mol. The zero-order valence-electron chi connectivity index (χ0n) is 15.6. The predicted molar refractivity (Wildman–Crippen MR) is 106 cm³/mol. The second-order valence-electron chi connectivity index (χ2n) is 6.67. The Balaban J connectivity index is 1.86. The summed E-state index contributed by atoms with van der Waals surface area (Å²) in [6, 6.07) is 8.29. The molecule has 4 nitrogen and oxygen atoms in total. The molecule has 0 aliphatic carbocycles. The van der Waals surface area contributed by atoms with Crippen molar-refractivity contribution < 1.29 is 9.53 Å². The number of hydrogen-bond donors (Lipinski definition) is 1. The number of nitrogens with zero attached hydrogens (tertiary/aromatic N) is 1. The molecule has 1 atom stereocenters. The maximum Gasteiger partial charge on any atom is 0.221 e. The maximum absolute atomic E-state index is 12.1. The summed E-state index contributed by atoms with van der Waals surface area (Å²) >= 11 is 1.82. The summed E-state index contributed by atoms with van der Waals surface area (Å²) in [5, 5.41) is 3.03. The predicted octanol–water partition coefficient (Wildman–Crippen LogP) is 3.70. The summed E-state index contributed by atoms with van der Waals surface area (Å²) < 4.78 is 6.24. The van der Waals surface area contributed by atoms with Crippen LogP contribution in [0.2, 0.25) is 0 Å². The smallest absolute Gasteiger partial charge is 0.221 e. The fourth-order valence-corrected chi connectivity index (χ4v) is 3.54. The van der Waals surface area contributed by atoms with Crippen LogP contribution < -0.4 is 10.1 Å². The molecule has 0 saturated heterocycles. The normalized spacial score (nSPS) is 17.4. The van der Waals surface area contributed by atoms with E-state index < -0.39 is 0 Å². The van der Waals surface area contributed by atoms with Gasteiger partial charge in [-0.3, -0.25) is 9.69 Å². The van der Waals surface area contributed by atoms with Gasteiger partial charge in [0.1, 0.15) is 11.9 Å². The van der Waals surface area contributed by atoms with Crippen molar-refractivity contribution in [3.05, 3.63) is 29.8 Å². The molecule has 25 heavy (non-hydrogen) atoms. The van der Waals surface area contributed by atoms with Crippen LogP contribution in [0.4, 0.5) is 0 Å². The zero-order valence-corrected chi connectivity index (χ0v) is 16.4. The summed E-state index contributed by atoms with van der Waals surface area (Å²) in [6.45, 7) is 5.54. The molecule has 1 N–H and O–H groups in total. The Labute approximate surface area is 156 Å². The fraction of sp³-hybridized carbons (Fsp3) is 0.650. The number of rotatable bonds is 10. The molecule has 1 amide bonds. The van der Waals surface area contributed by atoms with Gasteiger partial charge in [0, 0.05) is 38.2 Å². The van der Waals surface area contributed by atoms with Crippen LogP contribution in [0.15, 0.2) is 24.3 Å². The Morgan fingerprint density at radius 3 is 3.00 bits per heavy atom. The van der Waals surface area contributed by atoms with Crippen molar-refractivity contribution in [3.8, 4) is 5.75 Å². The van der Waals surface area contributed by atoms with Crippen molar-refractivity contribution in [2.75, 3.05) is 31.6 Å². The molecule has 1 aliphatic heterocycles. The summed E-state index contributed by atoms with van der Waals surface area (Å²) in [5.74, 6) is 2.26. The summed E-state index contributed by atoms with van der Waals surface area (Å²) in [7, 11) is 0. The number of para-hydroxylation sites is 1. The van der Waals surface area contributed by atoms with Crippen molar-refractivity contribution in [2.45, 2.75) is 51.7 Å². The molecule has 0 fully saturated rings. The van der Waals surface area contributed by atoms with Crippen molar-refractivity contribution in [2.24, 2.45) is 0 Å². The lowest BCUT2D eigenvalue weighted by Crippen LogP contribution is -2.36. The third-order valence-corrected chi connectivity index (χ3v) is 5.20. The van der Waals surface area contributed by atoms with E-state index in [1.807, 2.05) is 17.8 Å². The number of carbonyl (C=O) groups is 1. The molecule has 0 aromatic heterocycles. The number of unbranched alkanes of at least 4 members (excludes halogenated alkanes) is 1. The van der Waals surface area contributed by atoms with Gasteiger partial charge in [-0.05, 0) is 37.3 Å². The first-order chi connectivity index (χ1) is 12.2. The van der Waals surface area contributed by atoms with Gasteiger partial charge in [0.15, 0.2) is 0 Å². The van der Waals surface area contributed by atoms with E-state index in [0.717, 1.165) is 50.5 Å². The van der Waals surface area contributed by atoms with Gasteiger partial charge in [0.05, 0.1) is 0 Å². The van der Waals surface area contributed by atoms with Gasteiger partial charge in [-0.1, -0.05) is 31.5 Å². The van der Waals surface area contributed by atoms with E-state index in [1.165, 1.54) is 18.4 Å². The summed E-state index contributed by atoms with van der Waals surface area (Å²) in [5.41, 5.74) is 1.22. The number of ether oxygens (including phenoxy) is 1. The van der Waals surface area contributed by atoms with E-state index in [0.29, 0.717) is 6.42 Å². The molecule has 1 aromatic carbocycles. The third kappa shape index (κ3) is 7.28. The number of thioether (sulfide) groups is 1. The van der Waals surface area contributed by atoms with Gasteiger partial charge in [-0.2, -0.15) is 11.8 Å². The summed E-state index contributed by atoms with van der Waals surface area (Å²) in [6.07, 6.45) is 7.33. The van der Waals surface area contributed by atoms with Crippen molar-refractivity contribution in [1.29, 1.82) is 0 Å². The molecule has 1 heterocycles. The molecule has 5 heteroatoms. The minimum Gasteiger partial charge on any atom is -0.489 e. The molecule has 0 saturated carbocycles. The Kier molecular flexibility index (Phi) is 9.19. The molecule has 1 aromatic rings. The quantitative estimate of drug-likeness (QED) is 0.643. The molecule has 0 bridgehead atoms. The number of hydrogen-bond acceptors (Lipinski definition) is 4. The molecule has 1 aliphatic rings. The van der Waals surface area contributed by atoms with Gasteiger partial charge >= 0.3 is 0 Å². The van der Waals surface area contributed by atoms with E-state index in [9.17, 15) is 4.79 Å². The Morgan fingerprint density at radius 2 is 2.20 bits per heavy atom. The van der Waals surface area contributed by atoms with Gasteiger partial charge in [0.25, 0.3) is 0 Å². The Bertz CT molecular complexity index is 524. The average Bonchev–Trinajstić information content (AvgIpc) is 2.80. The van der Waals surface area contributed by atoms with Crippen molar-refractivity contribution in [3.63, 3.8) is 0 Å². The van der Waals surface area contributed by atoms with Gasteiger partial charge in [-0.15, -0.1) is 0 Å². The van der Waals surface area contributed by atoms with E-state index in [4.69, 9.17) is 4.74 Å². The Morgan fingerprint density at radius 1 is 1.36 bits per heavy atom. The molecular weight excluding hydrogens is 332 g/mol. The highest BCUT2D eigenvalue weighted by atomic mass is 32.2. The van der Waals surface area contributed by atoms with Crippen LogP contribution in [-0.4, -0.2) is 48.6 Å². The lowest BCUT2D eigenvalue weighted by molar-refractivity contribution is -0.121. The molecule has 0 radical (unpaired) electrons. The van der Waals surface area contributed by atoms with E-state index in [-0.39, 0.29) is 12.0 Å². The first-order valence-corrected chi connectivity index (χ1v) is 10.8. The van der Waals surface area contributed by atoms with Crippen LogP contribution in [0.5, 0.6) is 5.75 Å². The first-order valence-electron chi connectivity index (χ1n) is 9.45. The fourth-order valence-electron chi connectivity index (χ4n) is 3.10. The highest BCUT2D eigenvalue weighted by Gasteiger charge is 2.22. The van der Waals surface area contributed by atoms with Gasteiger partial charge < -0.3 is 10.1 Å². The molecule has 0 unspecified atom stereocenters. The van der Waals surface area contributed by atoms with E-state index in [1.54, 1.807) is 0 Å². The average molecular weight is 365 g/mol. The van der Waals surface area contributed by atoms with Crippen LogP contribution in [0.3, 0.4) is 0 Å². The molecule has 0 spiro atoms. The summed E-state index contributed by atoms with van der Waals surface area (Å²) in [4.78, 5) is 14.4. The molecular formula is C20H32N2O2S. The number of fused-ring (bicyclic) bond motifs is 1. The van der Waals surface area contributed by atoms with Crippen LogP contribution in [0.25, 0.3) is 0 Å². The SMILES string of the molecule is CCCC[C@@H]1CN(CCC(=O)NCCCSC)Cc2ccccc2O1. The largest absolute Gasteiger partial charge is 0.489 e. The van der Waals surface area contributed by atoms with Crippen molar-refractivity contribution >= 4 is 17.7 Å². The second-order valence-corrected chi connectivity index (χ2v) is 7.66. The Hall–Kier alpha value is -1.20. The molecule has 2 rings (SSSR count). The number of carbonyl (C=O) groups excluding carboxylic acids is 1. The van der Waals surface area contributed by atoms with Crippen LogP contribution >= 0.6 is 11.8 Å². The number of nitrogens with one attached hydrogen (secondary N) is 1. The maximum atomic E-state index is 12.1. The van der Waals surface area contributed by atoms with E-state index >= 15 is 0 Å². The van der Waals surface area contributed by atoms with E-state index in [2.05, 4.69) is 41.6 Å². The minimum atomic E-state index is 0.157. The lowest BCUT2D eigenvalue weighted by atomic mass is 10.1. The van der Waals surface area contributed by atoms with Crippen LogP contribution in [0.1, 0.15) is 44.6 Å². The van der Waals surface area contributed by atoms with Crippen molar-refractivity contribution in [1.82, 2.24) is 10.2 Å². The minimum absolute atomic E-state index is 0.157. The van der Waals surface area contributed by atoms with Crippen LogP contribution in [0, 0.1) is 0 Å². The number of benzene rings is 1. The van der Waals surface area contributed by atoms with Gasteiger partial charge in [-0.25, -0.2) is 0 Å². The highest BCUT2D eigenvalue weighted by molar-refractivity contribution is 7.98. The topological polar surface area (TPSA) is 41.6 Å². The standard InChI is InChI=1S/C20H32N2O2S/c1-3-4-9-18-16-22(13-11-20(23)21-12-7-14-25-2)15-17-8-5-6-10-19(17)24-18/h5-6,8,10,18H,3-4,7,9,11-16H2,1-2H3,(H,21,23)/t18-/m1/s1. The third-order valence-electron chi connectivity index (χ3n) is 4.50.